The van der Waals surface area contributed by atoms with Gasteiger partial charge in [0.05, 0.1) is 12.7 Å². The van der Waals surface area contributed by atoms with Gasteiger partial charge in [-0.05, 0) is 19.4 Å². The van der Waals surface area contributed by atoms with Crippen LogP contribution < -0.4 is 0 Å². The van der Waals surface area contributed by atoms with Crippen molar-refractivity contribution in [1.29, 1.82) is 0 Å². The molecule has 0 aromatic carbocycles. The molecule has 0 aliphatic carbocycles. The predicted molar refractivity (Wildman–Crippen MR) is 67.1 cm³/mol. The fourth-order valence-electron chi connectivity index (χ4n) is 0.831. The van der Waals surface area contributed by atoms with Crippen LogP contribution in [0.1, 0.15) is 20.3 Å². The van der Waals surface area contributed by atoms with Gasteiger partial charge in [-0.25, -0.2) is 4.79 Å². The maximum Gasteiger partial charge on any atom is 0.337 e. The van der Waals surface area contributed by atoms with Gasteiger partial charge in [-0.1, -0.05) is 46.7 Å². The molecule has 0 fully saturated rings. The summed E-state index contributed by atoms with van der Waals surface area (Å²) >= 11 is 3.34. The van der Waals surface area contributed by atoms with Crippen LogP contribution in [-0.4, -0.2) is 18.4 Å². The zero-order valence-electron chi connectivity index (χ0n) is 9.42. The Morgan fingerprint density at radius 2 is 2.07 bits per heavy atom. The Morgan fingerprint density at radius 1 is 1.40 bits per heavy atom. The van der Waals surface area contributed by atoms with Crippen LogP contribution in [0.5, 0.6) is 0 Å². The average Bonchev–Trinajstić information content (AvgIpc) is 2.27. The number of alkyl halides is 1. The standard InChI is InChI=1S/C12H17BrO2/c1-4-5-6-11(12(14)15-3)8-7-10(2)9-13/h5-8H,4,9H2,1-3H3/b6-5+,10-7+,11-8+. The van der Waals surface area contributed by atoms with E-state index < -0.39 is 0 Å². The van der Waals surface area contributed by atoms with E-state index in [-0.39, 0.29) is 5.97 Å². The molecule has 0 aromatic heterocycles. The third-order valence-corrected chi connectivity index (χ3v) is 2.60. The summed E-state index contributed by atoms with van der Waals surface area (Å²) in [5, 5.41) is 0.801. The van der Waals surface area contributed by atoms with Gasteiger partial charge in [0, 0.05) is 5.33 Å². The molecule has 0 N–H and O–H groups in total. The van der Waals surface area contributed by atoms with Crippen LogP contribution in [0.25, 0.3) is 0 Å². The monoisotopic (exact) mass is 272 g/mol. The van der Waals surface area contributed by atoms with E-state index in [9.17, 15) is 4.79 Å². The second kappa shape index (κ2) is 8.48. The van der Waals surface area contributed by atoms with Crippen molar-refractivity contribution in [3.63, 3.8) is 0 Å². The van der Waals surface area contributed by atoms with Crippen LogP contribution >= 0.6 is 15.9 Å². The first-order chi connectivity index (χ1) is 7.15. The Kier molecular flexibility index (Phi) is 8.01. The van der Waals surface area contributed by atoms with Gasteiger partial charge in [0.15, 0.2) is 0 Å². The molecule has 0 amide bonds. The summed E-state index contributed by atoms with van der Waals surface area (Å²) in [6.45, 7) is 4.01. The minimum absolute atomic E-state index is 0.307. The minimum atomic E-state index is -0.307. The number of carbonyl (C=O) groups is 1. The second-order valence-corrected chi connectivity index (χ2v) is 3.63. The molecule has 15 heavy (non-hydrogen) atoms. The smallest absolute Gasteiger partial charge is 0.337 e. The van der Waals surface area contributed by atoms with Gasteiger partial charge in [0.2, 0.25) is 0 Å². The second-order valence-electron chi connectivity index (χ2n) is 3.07. The van der Waals surface area contributed by atoms with Crippen LogP contribution in [0.15, 0.2) is 35.5 Å². The van der Waals surface area contributed by atoms with Gasteiger partial charge < -0.3 is 4.74 Å². The summed E-state index contributed by atoms with van der Waals surface area (Å²) in [6, 6.07) is 0. The van der Waals surface area contributed by atoms with Gasteiger partial charge in [-0.3, -0.25) is 0 Å². The lowest BCUT2D eigenvalue weighted by Gasteiger charge is -1.98. The molecule has 0 aromatic rings. The highest BCUT2D eigenvalue weighted by Gasteiger charge is 2.03. The summed E-state index contributed by atoms with van der Waals surface area (Å²) in [5.41, 5.74) is 1.72. The van der Waals surface area contributed by atoms with Crippen molar-refractivity contribution in [2.75, 3.05) is 12.4 Å². The van der Waals surface area contributed by atoms with Crippen molar-refractivity contribution in [1.82, 2.24) is 0 Å². The summed E-state index contributed by atoms with van der Waals surface area (Å²) < 4.78 is 4.68. The number of ether oxygens (including phenoxy) is 1. The van der Waals surface area contributed by atoms with Gasteiger partial charge >= 0.3 is 5.97 Å². The number of hydrogen-bond donors (Lipinski definition) is 0. The average molecular weight is 273 g/mol. The fourth-order valence-corrected chi connectivity index (χ4v) is 1.02. The number of hydrogen-bond acceptors (Lipinski definition) is 2. The molecule has 0 bridgehead atoms. The Hall–Kier alpha value is -0.830. The summed E-state index contributed by atoms with van der Waals surface area (Å²) in [4.78, 5) is 11.3. The molecule has 0 spiro atoms. The molecular formula is C12H17BrO2. The Morgan fingerprint density at radius 3 is 2.53 bits per heavy atom. The van der Waals surface area contributed by atoms with E-state index in [2.05, 4.69) is 20.7 Å². The lowest BCUT2D eigenvalue weighted by atomic mass is 10.2. The van der Waals surface area contributed by atoms with Gasteiger partial charge in [0.1, 0.15) is 0 Å². The van der Waals surface area contributed by atoms with E-state index in [1.54, 1.807) is 12.2 Å². The number of allylic oxidation sites excluding steroid dienone is 4. The summed E-state index contributed by atoms with van der Waals surface area (Å²) in [5.74, 6) is -0.307. The largest absolute Gasteiger partial charge is 0.465 e. The van der Waals surface area contributed by atoms with E-state index in [1.165, 1.54) is 7.11 Å². The van der Waals surface area contributed by atoms with E-state index >= 15 is 0 Å². The lowest BCUT2D eigenvalue weighted by molar-refractivity contribution is -0.135. The highest BCUT2D eigenvalue weighted by Crippen LogP contribution is 2.05. The minimum Gasteiger partial charge on any atom is -0.465 e. The summed E-state index contributed by atoms with van der Waals surface area (Å²) in [7, 11) is 1.39. The Balaban J connectivity index is 4.77. The maximum atomic E-state index is 11.3. The first-order valence-electron chi connectivity index (χ1n) is 4.84. The number of methoxy groups -OCH3 is 1. The lowest BCUT2D eigenvalue weighted by Crippen LogP contribution is -2.02. The molecule has 0 saturated carbocycles. The van der Waals surface area contributed by atoms with Gasteiger partial charge in [0.25, 0.3) is 0 Å². The highest BCUT2D eigenvalue weighted by atomic mass is 79.9. The molecule has 0 radical (unpaired) electrons. The molecule has 0 aliphatic rings. The first kappa shape index (κ1) is 14.2. The zero-order chi connectivity index (χ0) is 11.7. The van der Waals surface area contributed by atoms with Gasteiger partial charge in [-0.15, -0.1) is 0 Å². The van der Waals surface area contributed by atoms with E-state index in [0.717, 1.165) is 17.3 Å². The quantitative estimate of drug-likeness (QED) is 0.332. The Bertz CT molecular complexity index is 288. The van der Waals surface area contributed by atoms with Crippen LogP contribution in [0.4, 0.5) is 0 Å². The molecule has 0 saturated heterocycles. The number of carbonyl (C=O) groups excluding carboxylic acids is 1. The van der Waals surface area contributed by atoms with Crippen molar-refractivity contribution < 1.29 is 9.53 Å². The first-order valence-corrected chi connectivity index (χ1v) is 5.96. The Labute approximate surface area is 99.8 Å². The van der Waals surface area contributed by atoms with E-state index in [1.807, 2.05) is 26.0 Å². The predicted octanol–water partition coefficient (Wildman–Crippen LogP) is 3.39. The topological polar surface area (TPSA) is 26.3 Å². The third kappa shape index (κ3) is 6.28. The van der Waals surface area contributed by atoms with Crippen LogP contribution in [-0.2, 0) is 9.53 Å². The molecule has 0 atom stereocenters. The van der Waals surface area contributed by atoms with Crippen LogP contribution in [0.2, 0.25) is 0 Å². The number of rotatable bonds is 5. The SMILES string of the molecule is CC/C=C/C(=C\C=C(/C)CBr)C(=O)OC. The van der Waals surface area contributed by atoms with Crippen LogP contribution in [0, 0.1) is 0 Å². The van der Waals surface area contributed by atoms with Crippen molar-refractivity contribution in [3.8, 4) is 0 Å². The molecule has 2 nitrogen and oxygen atoms in total. The van der Waals surface area contributed by atoms with Gasteiger partial charge in [-0.2, -0.15) is 0 Å². The summed E-state index contributed by atoms with van der Waals surface area (Å²) in [6.07, 6.45) is 8.29. The zero-order valence-corrected chi connectivity index (χ0v) is 11.0. The normalized spacial score (nSPS) is 13.3. The molecule has 0 heterocycles. The molecule has 0 unspecified atom stereocenters. The number of esters is 1. The molecule has 84 valence electrons. The van der Waals surface area contributed by atoms with E-state index in [0.29, 0.717) is 5.57 Å². The van der Waals surface area contributed by atoms with Crippen molar-refractivity contribution in [3.05, 3.63) is 35.5 Å². The van der Waals surface area contributed by atoms with Crippen LogP contribution in [0.3, 0.4) is 0 Å². The molecular weight excluding hydrogens is 256 g/mol. The third-order valence-electron chi connectivity index (χ3n) is 1.71. The number of halogens is 1. The van der Waals surface area contributed by atoms with Crippen molar-refractivity contribution in [2.24, 2.45) is 0 Å². The highest BCUT2D eigenvalue weighted by molar-refractivity contribution is 9.09. The fraction of sp³-hybridized carbons (Fsp3) is 0.417. The van der Waals surface area contributed by atoms with Crippen molar-refractivity contribution in [2.45, 2.75) is 20.3 Å². The van der Waals surface area contributed by atoms with Crippen molar-refractivity contribution >= 4 is 21.9 Å². The van der Waals surface area contributed by atoms with E-state index in [4.69, 9.17) is 0 Å². The molecule has 0 rings (SSSR count). The molecule has 3 heteroatoms. The maximum absolute atomic E-state index is 11.3. The molecule has 0 aliphatic heterocycles.